The first kappa shape index (κ1) is 23.9. The Kier molecular flexibility index (Phi) is 6.78. The Bertz CT molecular complexity index is 1350. The molecule has 0 unspecified atom stereocenters. The summed E-state index contributed by atoms with van der Waals surface area (Å²) in [5.74, 6) is -0.452. The second-order valence-electron chi connectivity index (χ2n) is 9.43. The lowest BCUT2D eigenvalue weighted by molar-refractivity contribution is 0.0913. The van der Waals surface area contributed by atoms with Crippen molar-refractivity contribution in [2.75, 3.05) is 5.32 Å². The maximum absolute atomic E-state index is 12.9. The third kappa shape index (κ3) is 5.81. The first-order chi connectivity index (χ1) is 16.7. The number of nitrogens with zero attached hydrogens (tertiary/aromatic N) is 2. The molecule has 0 atom stereocenters. The van der Waals surface area contributed by atoms with Gasteiger partial charge in [0.2, 0.25) is 5.76 Å². The second-order valence-corrected chi connectivity index (χ2v) is 9.43. The number of aromatic nitrogens is 2. The highest BCUT2D eigenvalue weighted by Gasteiger charge is 2.18. The van der Waals surface area contributed by atoms with Crippen LogP contribution >= 0.6 is 0 Å². The van der Waals surface area contributed by atoms with Gasteiger partial charge in [-0.05, 0) is 59.4 Å². The van der Waals surface area contributed by atoms with Gasteiger partial charge in [-0.1, -0.05) is 50.2 Å². The smallest absolute Gasteiger partial charge is 0.290 e. The van der Waals surface area contributed by atoms with Crippen molar-refractivity contribution in [1.82, 2.24) is 15.5 Å². The summed E-state index contributed by atoms with van der Waals surface area (Å²) in [6, 6.07) is 18.5. The maximum Gasteiger partial charge on any atom is 0.290 e. The molecule has 0 spiro atoms. The molecule has 2 amide bonds. The van der Waals surface area contributed by atoms with Gasteiger partial charge < -0.3 is 15.2 Å². The average Bonchev–Trinajstić information content (AvgIpc) is 3.34. The minimum atomic E-state index is -0.367. The number of pyridine rings is 1. The average molecular weight is 469 g/mol. The van der Waals surface area contributed by atoms with E-state index >= 15 is 0 Å². The number of nitrogens with one attached hydrogen (secondary N) is 2. The SMILES string of the molecule is Cc1ccc(NC(=O)c2cccc(C(C)(C)C)c2)cc1-c1cc(C(=O)NCc2cccnc2)on1. The van der Waals surface area contributed by atoms with Crippen LogP contribution in [0.2, 0.25) is 0 Å². The van der Waals surface area contributed by atoms with Crippen LogP contribution < -0.4 is 10.6 Å². The second kappa shape index (κ2) is 9.93. The van der Waals surface area contributed by atoms with E-state index in [-0.39, 0.29) is 23.0 Å². The quantitative estimate of drug-likeness (QED) is 0.388. The summed E-state index contributed by atoms with van der Waals surface area (Å²) < 4.78 is 5.29. The largest absolute Gasteiger partial charge is 0.350 e. The normalized spacial score (nSPS) is 11.2. The van der Waals surface area contributed by atoms with E-state index in [1.807, 2.05) is 55.5 Å². The predicted molar refractivity (Wildman–Crippen MR) is 135 cm³/mol. The van der Waals surface area contributed by atoms with Crippen LogP contribution in [0.3, 0.4) is 0 Å². The van der Waals surface area contributed by atoms with Crippen LogP contribution in [0.15, 0.2) is 77.6 Å². The molecule has 2 aromatic carbocycles. The number of carbonyl (C=O) groups is 2. The summed E-state index contributed by atoms with van der Waals surface area (Å²) in [6.07, 6.45) is 3.37. The summed E-state index contributed by atoms with van der Waals surface area (Å²) >= 11 is 0. The Morgan fingerprint density at radius 1 is 0.971 bits per heavy atom. The zero-order chi connectivity index (χ0) is 25.0. The summed E-state index contributed by atoms with van der Waals surface area (Å²) in [6.45, 7) is 8.61. The van der Waals surface area contributed by atoms with Gasteiger partial charge in [-0.2, -0.15) is 0 Å². The van der Waals surface area contributed by atoms with E-state index in [1.165, 1.54) is 0 Å². The zero-order valence-electron chi connectivity index (χ0n) is 20.3. The highest BCUT2D eigenvalue weighted by molar-refractivity contribution is 6.04. The number of aryl methyl sites for hydroxylation is 1. The van der Waals surface area contributed by atoms with E-state index in [9.17, 15) is 9.59 Å². The Balaban J connectivity index is 1.49. The molecule has 7 nitrogen and oxygen atoms in total. The Labute approximate surface area is 204 Å². The zero-order valence-corrected chi connectivity index (χ0v) is 20.3. The number of hydrogen-bond acceptors (Lipinski definition) is 5. The van der Waals surface area contributed by atoms with Gasteiger partial charge in [0.25, 0.3) is 11.8 Å². The Morgan fingerprint density at radius 2 is 1.80 bits per heavy atom. The van der Waals surface area contributed by atoms with Crippen molar-refractivity contribution >= 4 is 17.5 Å². The molecule has 4 rings (SSSR count). The molecule has 2 N–H and O–H groups in total. The number of carbonyl (C=O) groups excluding carboxylic acids is 2. The van der Waals surface area contributed by atoms with Gasteiger partial charge in [0.05, 0.1) is 0 Å². The molecule has 0 radical (unpaired) electrons. The number of anilines is 1. The van der Waals surface area contributed by atoms with Gasteiger partial charge in [-0.25, -0.2) is 0 Å². The van der Waals surface area contributed by atoms with E-state index in [0.717, 1.165) is 22.3 Å². The van der Waals surface area contributed by atoms with Gasteiger partial charge in [-0.15, -0.1) is 0 Å². The fourth-order valence-corrected chi connectivity index (χ4v) is 3.59. The fraction of sp³-hybridized carbons (Fsp3) is 0.214. The number of benzene rings is 2. The molecule has 178 valence electrons. The lowest BCUT2D eigenvalue weighted by Crippen LogP contribution is -2.22. The van der Waals surface area contributed by atoms with Crippen LogP contribution in [0.1, 0.15) is 58.4 Å². The standard InChI is InChI=1S/C28H28N4O3/c1-18-10-11-22(31-26(33)20-8-5-9-21(13-20)28(2,3)4)14-23(18)24-15-25(35-32-24)27(34)30-17-19-7-6-12-29-16-19/h5-16H,17H2,1-4H3,(H,30,34)(H,31,33). The Morgan fingerprint density at radius 3 is 2.54 bits per heavy atom. The van der Waals surface area contributed by atoms with Crippen molar-refractivity contribution in [3.8, 4) is 11.3 Å². The van der Waals surface area contributed by atoms with Gasteiger partial charge in [0.1, 0.15) is 5.69 Å². The molecule has 0 aliphatic heterocycles. The molecule has 2 heterocycles. The van der Waals surface area contributed by atoms with Gasteiger partial charge in [0, 0.05) is 41.8 Å². The van der Waals surface area contributed by atoms with Crippen molar-refractivity contribution in [3.63, 3.8) is 0 Å². The molecule has 0 aliphatic rings. The molecule has 0 aliphatic carbocycles. The van der Waals surface area contributed by atoms with E-state index in [1.54, 1.807) is 24.5 Å². The first-order valence-electron chi connectivity index (χ1n) is 11.4. The Hall–Kier alpha value is -4.26. The summed E-state index contributed by atoms with van der Waals surface area (Å²) in [4.78, 5) is 29.4. The third-order valence-corrected chi connectivity index (χ3v) is 5.67. The van der Waals surface area contributed by atoms with E-state index in [4.69, 9.17) is 4.52 Å². The maximum atomic E-state index is 12.9. The number of rotatable bonds is 6. The molecule has 0 saturated heterocycles. The van der Waals surface area contributed by atoms with Gasteiger partial charge >= 0.3 is 0 Å². The number of amides is 2. The van der Waals surface area contributed by atoms with Crippen LogP contribution in [0.5, 0.6) is 0 Å². The molecule has 35 heavy (non-hydrogen) atoms. The summed E-state index contributed by atoms with van der Waals surface area (Å²) in [7, 11) is 0. The molecule has 7 heteroatoms. The molecule has 4 aromatic rings. The molecule has 0 saturated carbocycles. The molecule has 0 bridgehead atoms. The van der Waals surface area contributed by atoms with Crippen LogP contribution in [-0.2, 0) is 12.0 Å². The van der Waals surface area contributed by atoms with E-state index < -0.39 is 0 Å². The highest BCUT2D eigenvalue weighted by Crippen LogP contribution is 2.27. The van der Waals surface area contributed by atoms with E-state index in [0.29, 0.717) is 23.5 Å². The van der Waals surface area contributed by atoms with E-state index in [2.05, 4.69) is 41.5 Å². The third-order valence-electron chi connectivity index (χ3n) is 5.67. The molecular formula is C28H28N4O3. The topological polar surface area (TPSA) is 97.1 Å². The van der Waals surface area contributed by atoms with Crippen molar-refractivity contribution in [3.05, 3.63) is 101 Å². The lowest BCUT2D eigenvalue weighted by Gasteiger charge is -2.19. The fourth-order valence-electron chi connectivity index (χ4n) is 3.59. The predicted octanol–water partition coefficient (Wildman–Crippen LogP) is 5.52. The van der Waals surface area contributed by atoms with Gasteiger partial charge in [0.15, 0.2) is 0 Å². The summed E-state index contributed by atoms with van der Waals surface area (Å²) in [5, 5.41) is 9.83. The van der Waals surface area contributed by atoms with Gasteiger partial charge in [-0.3, -0.25) is 14.6 Å². The minimum Gasteiger partial charge on any atom is -0.350 e. The monoisotopic (exact) mass is 468 g/mol. The molecule has 2 aromatic heterocycles. The highest BCUT2D eigenvalue weighted by atomic mass is 16.5. The van der Waals surface area contributed by atoms with Crippen molar-refractivity contribution < 1.29 is 14.1 Å². The summed E-state index contributed by atoms with van der Waals surface area (Å²) in [5.41, 5.74) is 5.35. The van der Waals surface area contributed by atoms with Crippen LogP contribution in [0, 0.1) is 6.92 Å². The van der Waals surface area contributed by atoms with Crippen LogP contribution in [0.25, 0.3) is 11.3 Å². The van der Waals surface area contributed by atoms with Crippen LogP contribution in [-0.4, -0.2) is 22.0 Å². The van der Waals surface area contributed by atoms with Crippen molar-refractivity contribution in [1.29, 1.82) is 0 Å². The van der Waals surface area contributed by atoms with Crippen LogP contribution in [0.4, 0.5) is 5.69 Å². The van der Waals surface area contributed by atoms with Crippen molar-refractivity contribution in [2.45, 2.75) is 39.7 Å². The lowest BCUT2D eigenvalue weighted by atomic mass is 9.86. The van der Waals surface area contributed by atoms with Crippen molar-refractivity contribution in [2.24, 2.45) is 0 Å². The minimum absolute atomic E-state index is 0.0533. The number of hydrogen-bond donors (Lipinski definition) is 2. The molecular weight excluding hydrogens is 440 g/mol. The molecule has 0 fully saturated rings. The first-order valence-corrected chi connectivity index (χ1v) is 11.4.